The van der Waals surface area contributed by atoms with E-state index in [1.807, 2.05) is 0 Å². The zero-order chi connectivity index (χ0) is 14.0. The van der Waals surface area contributed by atoms with Crippen molar-refractivity contribution in [3.63, 3.8) is 0 Å². The molecule has 0 aromatic rings. The van der Waals surface area contributed by atoms with Crippen LogP contribution in [0.3, 0.4) is 0 Å². The standard InChI is InChI=1S/C17H33N3/c1-15(2)18-13-17(7-3-4-8-17)14-19-9-11-20(12-10-19)16-5-6-16/h15-16,18H,3-14H2,1-2H3. The number of piperazine rings is 1. The minimum atomic E-state index is 0.575. The van der Waals surface area contributed by atoms with E-state index in [9.17, 15) is 0 Å². The molecule has 0 amide bonds. The maximum atomic E-state index is 3.72. The van der Waals surface area contributed by atoms with Crippen molar-refractivity contribution in [1.82, 2.24) is 15.1 Å². The molecule has 3 aliphatic rings. The molecular formula is C17H33N3. The van der Waals surface area contributed by atoms with Crippen LogP contribution in [-0.4, -0.2) is 61.2 Å². The molecular weight excluding hydrogens is 246 g/mol. The Labute approximate surface area is 125 Å². The maximum absolute atomic E-state index is 3.72. The molecule has 1 aliphatic heterocycles. The molecule has 116 valence electrons. The number of rotatable bonds is 6. The first-order chi connectivity index (χ1) is 9.67. The molecule has 20 heavy (non-hydrogen) atoms. The average molecular weight is 279 g/mol. The number of nitrogens with one attached hydrogen (secondary N) is 1. The van der Waals surface area contributed by atoms with E-state index in [4.69, 9.17) is 0 Å². The summed E-state index contributed by atoms with van der Waals surface area (Å²) in [5.74, 6) is 0. The van der Waals surface area contributed by atoms with Gasteiger partial charge in [-0.3, -0.25) is 4.90 Å². The second kappa shape index (κ2) is 6.33. The normalized spacial score (nSPS) is 28.4. The topological polar surface area (TPSA) is 18.5 Å². The number of nitrogens with zero attached hydrogens (tertiary/aromatic N) is 2. The highest BCUT2D eigenvalue weighted by molar-refractivity contribution is 4.93. The Balaban J connectivity index is 1.48. The van der Waals surface area contributed by atoms with Crippen molar-refractivity contribution in [2.24, 2.45) is 5.41 Å². The molecule has 0 unspecified atom stereocenters. The summed E-state index contributed by atoms with van der Waals surface area (Å²) in [6, 6.07) is 1.58. The summed E-state index contributed by atoms with van der Waals surface area (Å²) in [4.78, 5) is 5.48. The second-order valence-corrected chi connectivity index (χ2v) is 7.79. The Kier molecular flexibility index (Phi) is 4.68. The van der Waals surface area contributed by atoms with E-state index in [-0.39, 0.29) is 0 Å². The van der Waals surface area contributed by atoms with E-state index in [0.717, 1.165) is 6.04 Å². The smallest absolute Gasteiger partial charge is 0.0113 e. The fourth-order valence-corrected chi connectivity index (χ4v) is 4.14. The minimum absolute atomic E-state index is 0.575. The molecule has 1 saturated heterocycles. The van der Waals surface area contributed by atoms with E-state index in [2.05, 4.69) is 29.0 Å². The Morgan fingerprint density at radius 2 is 1.70 bits per heavy atom. The van der Waals surface area contributed by atoms with Gasteiger partial charge >= 0.3 is 0 Å². The van der Waals surface area contributed by atoms with Gasteiger partial charge in [0.25, 0.3) is 0 Å². The second-order valence-electron chi connectivity index (χ2n) is 7.79. The SMILES string of the molecule is CC(C)NCC1(CN2CCN(C3CC3)CC2)CCCC1. The third kappa shape index (κ3) is 3.75. The van der Waals surface area contributed by atoms with Crippen molar-refractivity contribution in [3.8, 4) is 0 Å². The predicted molar refractivity (Wildman–Crippen MR) is 85.1 cm³/mol. The van der Waals surface area contributed by atoms with Crippen LogP contribution < -0.4 is 5.32 Å². The average Bonchev–Trinajstić information content (AvgIpc) is 3.19. The van der Waals surface area contributed by atoms with Crippen LogP contribution in [0.4, 0.5) is 0 Å². The molecule has 3 nitrogen and oxygen atoms in total. The van der Waals surface area contributed by atoms with E-state index in [1.54, 1.807) is 0 Å². The van der Waals surface area contributed by atoms with Gasteiger partial charge < -0.3 is 10.2 Å². The summed E-state index contributed by atoms with van der Waals surface area (Å²) < 4.78 is 0. The van der Waals surface area contributed by atoms with E-state index >= 15 is 0 Å². The molecule has 0 aromatic heterocycles. The summed E-state index contributed by atoms with van der Waals surface area (Å²) in [7, 11) is 0. The molecule has 0 radical (unpaired) electrons. The van der Waals surface area contributed by atoms with Crippen molar-refractivity contribution >= 4 is 0 Å². The minimum Gasteiger partial charge on any atom is -0.314 e. The molecule has 1 heterocycles. The van der Waals surface area contributed by atoms with Crippen molar-refractivity contribution in [2.45, 2.75) is 64.5 Å². The fourth-order valence-electron chi connectivity index (χ4n) is 4.14. The summed E-state index contributed by atoms with van der Waals surface area (Å²) in [5.41, 5.74) is 0.575. The highest BCUT2D eigenvalue weighted by Gasteiger charge is 2.37. The molecule has 0 bridgehead atoms. The summed E-state index contributed by atoms with van der Waals surface area (Å²) in [6.07, 6.45) is 8.69. The summed E-state index contributed by atoms with van der Waals surface area (Å²) >= 11 is 0. The summed E-state index contributed by atoms with van der Waals surface area (Å²) in [5, 5.41) is 3.72. The first kappa shape index (κ1) is 14.8. The van der Waals surface area contributed by atoms with Crippen LogP contribution in [0.25, 0.3) is 0 Å². The van der Waals surface area contributed by atoms with Crippen LogP contribution in [0.15, 0.2) is 0 Å². The lowest BCUT2D eigenvalue weighted by molar-refractivity contribution is 0.0807. The van der Waals surface area contributed by atoms with Crippen molar-refractivity contribution in [3.05, 3.63) is 0 Å². The van der Waals surface area contributed by atoms with Gasteiger partial charge in [0.1, 0.15) is 0 Å². The van der Waals surface area contributed by atoms with Crippen molar-refractivity contribution in [2.75, 3.05) is 39.3 Å². The van der Waals surface area contributed by atoms with Gasteiger partial charge in [0.2, 0.25) is 0 Å². The molecule has 3 fully saturated rings. The van der Waals surface area contributed by atoms with Crippen LogP contribution in [0.5, 0.6) is 0 Å². The molecule has 1 N–H and O–H groups in total. The van der Waals surface area contributed by atoms with Crippen molar-refractivity contribution < 1.29 is 0 Å². The molecule has 3 rings (SSSR count). The zero-order valence-corrected chi connectivity index (χ0v) is 13.5. The van der Waals surface area contributed by atoms with Crippen molar-refractivity contribution in [1.29, 1.82) is 0 Å². The molecule has 3 heteroatoms. The zero-order valence-electron chi connectivity index (χ0n) is 13.5. The van der Waals surface area contributed by atoms with Gasteiger partial charge in [0.05, 0.1) is 0 Å². The Bertz CT molecular complexity index is 297. The molecule has 0 atom stereocenters. The highest BCUT2D eigenvalue weighted by Crippen LogP contribution is 2.39. The third-order valence-electron chi connectivity index (χ3n) is 5.58. The lowest BCUT2D eigenvalue weighted by atomic mass is 9.85. The van der Waals surface area contributed by atoms with Gasteiger partial charge in [-0.25, -0.2) is 0 Å². The van der Waals surface area contributed by atoms with Crippen LogP contribution in [0.1, 0.15) is 52.4 Å². The largest absolute Gasteiger partial charge is 0.314 e. The van der Waals surface area contributed by atoms with Gasteiger partial charge in [0, 0.05) is 51.4 Å². The molecule has 2 aliphatic carbocycles. The van der Waals surface area contributed by atoms with E-state index < -0.39 is 0 Å². The Hall–Kier alpha value is -0.120. The predicted octanol–water partition coefficient (Wildman–Crippen LogP) is 2.32. The van der Waals surface area contributed by atoms with Crippen LogP contribution in [-0.2, 0) is 0 Å². The van der Waals surface area contributed by atoms with Gasteiger partial charge in [-0.15, -0.1) is 0 Å². The van der Waals surface area contributed by atoms with Crippen LogP contribution in [0, 0.1) is 5.41 Å². The van der Waals surface area contributed by atoms with Crippen LogP contribution >= 0.6 is 0 Å². The first-order valence-corrected chi connectivity index (χ1v) is 8.87. The van der Waals surface area contributed by atoms with Gasteiger partial charge in [0.15, 0.2) is 0 Å². The highest BCUT2D eigenvalue weighted by atomic mass is 15.3. The maximum Gasteiger partial charge on any atom is 0.0113 e. The first-order valence-electron chi connectivity index (χ1n) is 8.87. The summed E-state index contributed by atoms with van der Waals surface area (Å²) in [6.45, 7) is 12.4. The number of hydrogen-bond acceptors (Lipinski definition) is 3. The monoisotopic (exact) mass is 279 g/mol. The van der Waals surface area contributed by atoms with Gasteiger partial charge in [-0.2, -0.15) is 0 Å². The number of hydrogen-bond donors (Lipinski definition) is 1. The lowest BCUT2D eigenvalue weighted by Crippen LogP contribution is -2.52. The third-order valence-corrected chi connectivity index (χ3v) is 5.58. The lowest BCUT2D eigenvalue weighted by Gasteiger charge is -2.41. The van der Waals surface area contributed by atoms with E-state index in [0.29, 0.717) is 11.5 Å². The molecule has 0 aromatic carbocycles. The fraction of sp³-hybridized carbons (Fsp3) is 1.00. The van der Waals surface area contributed by atoms with E-state index in [1.165, 1.54) is 77.8 Å². The quantitative estimate of drug-likeness (QED) is 0.805. The van der Waals surface area contributed by atoms with Gasteiger partial charge in [-0.1, -0.05) is 26.7 Å². The van der Waals surface area contributed by atoms with Gasteiger partial charge in [-0.05, 0) is 31.1 Å². The van der Waals surface area contributed by atoms with Crippen LogP contribution in [0.2, 0.25) is 0 Å². The molecule has 0 spiro atoms. The molecule has 2 saturated carbocycles. The Morgan fingerprint density at radius 3 is 2.25 bits per heavy atom. The Morgan fingerprint density at radius 1 is 1.05 bits per heavy atom.